The van der Waals surface area contributed by atoms with Crippen LogP contribution in [0.1, 0.15) is 35.3 Å². The molecule has 0 amide bonds. The number of ether oxygens (including phenoxy) is 1. The average Bonchev–Trinajstić information content (AvgIpc) is 3.15. The van der Waals surface area contributed by atoms with Crippen LogP contribution in [0.2, 0.25) is 0 Å². The number of H-pyrrole nitrogens is 2. The minimum absolute atomic E-state index is 0.249. The number of hydrogen-bond donors (Lipinski definition) is 2. The van der Waals surface area contributed by atoms with Crippen molar-refractivity contribution in [3.05, 3.63) is 41.1 Å². The van der Waals surface area contributed by atoms with Crippen molar-refractivity contribution in [1.82, 2.24) is 15.2 Å². The maximum absolute atomic E-state index is 12.5. The lowest BCUT2D eigenvalue weighted by molar-refractivity contribution is 0.0461. The average molecular weight is 309 g/mol. The van der Waals surface area contributed by atoms with E-state index in [9.17, 15) is 4.79 Å². The second-order valence-electron chi connectivity index (χ2n) is 6.47. The molecule has 2 heterocycles. The third-order valence-electron chi connectivity index (χ3n) is 4.31. The van der Waals surface area contributed by atoms with E-state index in [1.807, 2.05) is 38.2 Å². The predicted octanol–water partition coefficient (Wildman–Crippen LogP) is 3.47. The molecule has 0 aliphatic heterocycles. The van der Waals surface area contributed by atoms with Crippen LogP contribution in [0.4, 0.5) is 0 Å². The van der Waals surface area contributed by atoms with E-state index in [-0.39, 0.29) is 5.97 Å². The van der Waals surface area contributed by atoms with Gasteiger partial charge in [0, 0.05) is 10.9 Å². The Hall–Kier alpha value is -2.56. The molecule has 4 rings (SSSR count). The van der Waals surface area contributed by atoms with Gasteiger partial charge in [-0.15, -0.1) is 0 Å². The zero-order valence-corrected chi connectivity index (χ0v) is 13.3. The molecule has 0 saturated carbocycles. The van der Waals surface area contributed by atoms with Gasteiger partial charge in [0.2, 0.25) is 0 Å². The summed E-state index contributed by atoms with van der Waals surface area (Å²) >= 11 is 0. The second kappa shape index (κ2) is 5.26. The standard InChI is InChI=1S/C18H19N3O2/c1-10(2)9-23-18(22)13-4-3-5-14-15(13)12-7-6-11-8-19-21-16(11)17(12)20-14/h3-5,8,10,20H,6-7,9H2,1-2H3,(H,19,21). The number of carbonyl (C=O) groups excluding carboxylic acids is 1. The summed E-state index contributed by atoms with van der Waals surface area (Å²) in [6.45, 7) is 4.50. The van der Waals surface area contributed by atoms with E-state index in [4.69, 9.17) is 4.74 Å². The number of aromatic amines is 2. The van der Waals surface area contributed by atoms with E-state index in [2.05, 4.69) is 15.2 Å². The molecule has 0 atom stereocenters. The minimum Gasteiger partial charge on any atom is -0.462 e. The van der Waals surface area contributed by atoms with Crippen LogP contribution in [0.3, 0.4) is 0 Å². The fraction of sp³-hybridized carbons (Fsp3) is 0.333. The molecule has 5 heteroatoms. The van der Waals surface area contributed by atoms with E-state index in [1.54, 1.807) is 0 Å². The van der Waals surface area contributed by atoms with Crippen LogP contribution in [0.5, 0.6) is 0 Å². The van der Waals surface area contributed by atoms with Crippen LogP contribution in [-0.2, 0) is 17.6 Å². The van der Waals surface area contributed by atoms with Crippen molar-refractivity contribution in [3.8, 4) is 11.4 Å². The van der Waals surface area contributed by atoms with E-state index < -0.39 is 0 Å². The van der Waals surface area contributed by atoms with Crippen LogP contribution >= 0.6 is 0 Å². The van der Waals surface area contributed by atoms with Crippen LogP contribution in [0, 0.1) is 5.92 Å². The molecule has 118 valence electrons. The Kier molecular flexibility index (Phi) is 3.22. The molecule has 0 spiro atoms. The van der Waals surface area contributed by atoms with Gasteiger partial charge in [-0.25, -0.2) is 4.79 Å². The van der Waals surface area contributed by atoms with Gasteiger partial charge in [0.25, 0.3) is 0 Å². The smallest absolute Gasteiger partial charge is 0.338 e. The first-order chi connectivity index (χ1) is 11.1. The van der Waals surface area contributed by atoms with E-state index >= 15 is 0 Å². The highest BCUT2D eigenvalue weighted by atomic mass is 16.5. The van der Waals surface area contributed by atoms with Crippen molar-refractivity contribution in [2.45, 2.75) is 26.7 Å². The van der Waals surface area contributed by atoms with E-state index in [0.29, 0.717) is 18.1 Å². The number of esters is 1. The third kappa shape index (κ3) is 2.23. The molecule has 0 radical (unpaired) electrons. The van der Waals surface area contributed by atoms with Gasteiger partial charge in [-0.1, -0.05) is 19.9 Å². The van der Waals surface area contributed by atoms with Crippen LogP contribution in [-0.4, -0.2) is 27.8 Å². The normalized spacial score (nSPS) is 13.2. The first kappa shape index (κ1) is 14.1. The Balaban J connectivity index is 1.84. The van der Waals surface area contributed by atoms with Gasteiger partial charge in [0.05, 0.1) is 29.8 Å². The number of fused-ring (bicyclic) bond motifs is 5. The highest BCUT2D eigenvalue weighted by molar-refractivity contribution is 6.07. The fourth-order valence-corrected chi connectivity index (χ4v) is 3.25. The van der Waals surface area contributed by atoms with Gasteiger partial charge >= 0.3 is 5.97 Å². The van der Waals surface area contributed by atoms with E-state index in [1.165, 1.54) is 11.1 Å². The Morgan fingerprint density at radius 3 is 3.00 bits per heavy atom. The van der Waals surface area contributed by atoms with Gasteiger partial charge in [0.15, 0.2) is 0 Å². The molecule has 5 nitrogen and oxygen atoms in total. The largest absolute Gasteiger partial charge is 0.462 e. The fourth-order valence-electron chi connectivity index (χ4n) is 3.25. The zero-order chi connectivity index (χ0) is 16.0. The topological polar surface area (TPSA) is 70.8 Å². The van der Waals surface area contributed by atoms with Crippen molar-refractivity contribution in [3.63, 3.8) is 0 Å². The summed E-state index contributed by atoms with van der Waals surface area (Å²) in [7, 11) is 0. The maximum Gasteiger partial charge on any atom is 0.338 e. The van der Waals surface area contributed by atoms with E-state index in [0.717, 1.165) is 35.1 Å². The summed E-state index contributed by atoms with van der Waals surface area (Å²) in [5, 5.41) is 8.19. The summed E-state index contributed by atoms with van der Waals surface area (Å²) in [5.74, 6) is 0.0763. The molecule has 1 aliphatic rings. The van der Waals surface area contributed by atoms with Crippen molar-refractivity contribution in [2.75, 3.05) is 6.61 Å². The second-order valence-corrected chi connectivity index (χ2v) is 6.47. The third-order valence-corrected chi connectivity index (χ3v) is 4.31. The van der Waals surface area contributed by atoms with Gasteiger partial charge < -0.3 is 9.72 Å². The molecule has 3 aromatic rings. The highest BCUT2D eigenvalue weighted by Gasteiger charge is 2.25. The van der Waals surface area contributed by atoms with Gasteiger partial charge in [-0.05, 0) is 42.0 Å². The molecule has 0 unspecified atom stereocenters. The Labute approximate surface area is 134 Å². The lowest BCUT2D eigenvalue weighted by Gasteiger charge is -2.13. The molecule has 1 aliphatic carbocycles. The number of nitrogens with one attached hydrogen (secondary N) is 2. The van der Waals surface area contributed by atoms with Gasteiger partial charge in [-0.2, -0.15) is 5.10 Å². The molecule has 1 aromatic carbocycles. The number of carbonyl (C=O) groups is 1. The number of aromatic nitrogens is 3. The monoisotopic (exact) mass is 309 g/mol. The van der Waals surface area contributed by atoms with Crippen LogP contribution in [0.25, 0.3) is 22.3 Å². The van der Waals surface area contributed by atoms with Crippen LogP contribution < -0.4 is 0 Å². The molecule has 23 heavy (non-hydrogen) atoms. The summed E-state index contributed by atoms with van der Waals surface area (Å²) < 4.78 is 5.44. The molecular weight excluding hydrogens is 290 g/mol. The SMILES string of the molecule is CC(C)COC(=O)c1cccc2[nH]c3c(c12)CCc1cn[nH]c1-3. The van der Waals surface area contributed by atoms with Crippen molar-refractivity contribution in [2.24, 2.45) is 5.92 Å². The molecule has 0 saturated heterocycles. The highest BCUT2D eigenvalue weighted by Crippen LogP contribution is 2.37. The summed E-state index contributed by atoms with van der Waals surface area (Å²) in [6.07, 6.45) is 3.71. The van der Waals surface area contributed by atoms with Crippen LogP contribution in [0.15, 0.2) is 24.4 Å². The summed E-state index contributed by atoms with van der Waals surface area (Å²) in [6, 6.07) is 5.74. The molecule has 2 N–H and O–H groups in total. The minimum atomic E-state index is -0.249. The first-order valence-corrected chi connectivity index (χ1v) is 7.98. The number of hydrogen-bond acceptors (Lipinski definition) is 3. The number of rotatable bonds is 3. The molecule has 2 aromatic heterocycles. The van der Waals surface area contributed by atoms with Crippen molar-refractivity contribution in [1.29, 1.82) is 0 Å². The number of nitrogens with zero attached hydrogens (tertiary/aromatic N) is 1. The number of benzene rings is 1. The van der Waals surface area contributed by atoms with Crippen molar-refractivity contribution < 1.29 is 9.53 Å². The summed E-state index contributed by atoms with van der Waals surface area (Å²) in [4.78, 5) is 15.9. The molecule has 0 fully saturated rings. The molecule has 0 bridgehead atoms. The Morgan fingerprint density at radius 1 is 1.30 bits per heavy atom. The molecular formula is C18H19N3O2. The zero-order valence-electron chi connectivity index (χ0n) is 13.3. The number of aryl methyl sites for hydroxylation is 2. The summed E-state index contributed by atoms with van der Waals surface area (Å²) in [5.41, 5.74) is 6.08. The Morgan fingerprint density at radius 2 is 2.17 bits per heavy atom. The predicted molar refractivity (Wildman–Crippen MR) is 88.4 cm³/mol. The lowest BCUT2D eigenvalue weighted by atomic mass is 9.92. The first-order valence-electron chi connectivity index (χ1n) is 7.98. The van der Waals surface area contributed by atoms with Gasteiger partial charge in [-0.3, -0.25) is 5.10 Å². The Bertz CT molecular complexity index is 889. The quantitative estimate of drug-likeness (QED) is 0.728. The van der Waals surface area contributed by atoms with Gasteiger partial charge in [0.1, 0.15) is 0 Å². The lowest BCUT2D eigenvalue weighted by Crippen LogP contribution is -2.11. The maximum atomic E-state index is 12.5. The van der Waals surface area contributed by atoms with Crippen molar-refractivity contribution >= 4 is 16.9 Å².